The van der Waals surface area contributed by atoms with Crippen LogP contribution >= 0.6 is 0 Å². The predicted octanol–water partition coefficient (Wildman–Crippen LogP) is -0.358. The fourth-order valence-electron chi connectivity index (χ4n) is 2.35. The summed E-state index contributed by atoms with van der Waals surface area (Å²) < 4.78 is 0. The second kappa shape index (κ2) is 8.92. The lowest BCUT2D eigenvalue weighted by Gasteiger charge is -2.35. The maximum absolute atomic E-state index is 12.2. The van der Waals surface area contributed by atoms with Gasteiger partial charge in [0.2, 0.25) is 11.8 Å². The Morgan fingerprint density at radius 2 is 1.85 bits per heavy atom. The van der Waals surface area contributed by atoms with Crippen LogP contribution in [0.3, 0.4) is 0 Å². The van der Waals surface area contributed by atoms with Crippen LogP contribution in [-0.4, -0.2) is 67.4 Å². The summed E-state index contributed by atoms with van der Waals surface area (Å²) in [6.07, 6.45) is 1.74. The highest BCUT2D eigenvalue weighted by molar-refractivity contribution is 5.79. The standard InChI is InChI=1S/C14H28N4O2/c1-3-5-16-13(19)11-17-6-8-18(9-7-17)14(20)12(4-2)10-15/h12H,3-11,15H2,1-2H3,(H,16,19). The van der Waals surface area contributed by atoms with E-state index in [9.17, 15) is 9.59 Å². The third kappa shape index (κ3) is 5.09. The highest BCUT2D eigenvalue weighted by Gasteiger charge is 2.26. The van der Waals surface area contributed by atoms with Crippen LogP contribution in [0.25, 0.3) is 0 Å². The van der Waals surface area contributed by atoms with Gasteiger partial charge in [0.05, 0.1) is 12.5 Å². The average Bonchev–Trinajstić information content (AvgIpc) is 2.47. The number of carbonyl (C=O) groups is 2. The van der Waals surface area contributed by atoms with Crippen molar-refractivity contribution >= 4 is 11.8 Å². The van der Waals surface area contributed by atoms with Gasteiger partial charge in [-0.2, -0.15) is 0 Å². The second-order valence-corrected chi connectivity index (χ2v) is 5.29. The maximum Gasteiger partial charge on any atom is 0.234 e. The largest absolute Gasteiger partial charge is 0.355 e. The molecule has 1 rings (SSSR count). The van der Waals surface area contributed by atoms with Crippen LogP contribution in [0.4, 0.5) is 0 Å². The number of nitrogens with two attached hydrogens (primary N) is 1. The third-order valence-corrected chi connectivity index (χ3v) is 3.75. The molecular formula is C14H28N4O2. The molecule has 0 radical (unpaired) electrons. The van der Waals surface area contributed by atoms with Gasteiger partial charge in [0, 0.05) is 39.3 Å². The fourth-order valence-corrected chi connectivity index (χ4v) is 2.35. The first-order chi connectivity index (χ1) is 9.62. The summed E-state index contributed by atoms with van der Waals surface area (Å²) in [5.41, 5.74) is 5.62. The Morgan fingerprint density at radius 1 is 1.20 bits per heavy atom. The Bertz CT molecular complexity index is 310. The molecule has 0 bridgehead atoms. The molecule has 0 aromatic heterocycles. The van der Waals surface area contributed by atoms with Crippen LogP contribution in [0, 0.1) is 5.92 Å². The first-order valence-electron chi connectivity index (χ1n) is 7.60. The number of carbonyl (C=O) groups excluding carboxylic acids is 2. The van der Waals surface area contributed by atoms with E-state index in [1.54, 1.807) is 0 Å². The van der Waals surface area contributed by atoms with Crippen molar-refractivity contribution in [2.45, 2.75) is 26.7 Å². The topological polar surface area (TPSA) is 78.7 Å². The van der Waals surface area contributed by atoms with E-state index in [-0.39, 0.29) is 17.7 Å². The summed E-state index contributed by atoms with van der Waals surface area (Å²) in [5.74, 6) is 0.166. The number of nitrogens with one attached hydrogen (secondary N) is 1. The Labute approximate surface area is 121 Å². The highest BCUT2D eigenvalue weighted by atomic mass is 16.2. The Morgan fingerprint density at radius 3 is 2.35 bits per heavy atom. The van der Waals surface area contributed by atoms with Crippen LogP contribution in [0.2, 0.25) is 0 Å². The molecule has 1 aliphatic rings. The molecule has 2 amide bonds. The molecule has 3 N–H and O–H groups in total. The van der Waals surface area contributed by atoms with Gasteiger partial charge in [-0.25, -0.2) is 0 Å². The van der Waals surface area contributed by atoms with Gasteiger partial charge in [0.1, 0.15) is 0 Å². The molecule has 1 atom stereocenters. The lowest BCUT2D eigenvalue weighted by atomic mass is 10.0. The molecule has 6 nitrogen and oxygen atoms in total. The van der Waals surface area contributed by atoms with E-state index in [0.29, 0.717) is 26.2 Å². The zero-order valence-electron chi connectivity index (χ0n) is 12.7. The summed E-state index contributed by atoms with van der Waals surface area (Å²) in [6.45, 7) is 8.48. The molecule has 1 heterocycles. The minimum absolute atomic E-state index is 0.0607. The Hall–Kier alpha value is -1.14. The molecule has 1 saturated heterocycles. The van der Waals surface area contributed by atoms with E-state index < -0.39 is 0 Å². The van der Waals surface area contributed by atoms with Crippen LogP contribution in [-0.2, 0) is 9.59 Å². The minimum atomic E-state index is -0.0607. The summed E-state index contributed by atoms with van der Waals surface area (Å²) in [4.78, 5) is 27.8. The third-order valence-electron chi connectivity index (χ3n) is 3.75. The van der Waals surface area contributed by atoms with Crippen molar-refractivity contribution in [3.8, 4) is 0 Å². The van der Waals surface area contributed by atoms with Crippen molar-refractivity contribution < 1.29 is 9.59 Å². The first kappa shape index (κ1) is 16.9. The quantitative estimate of drug-likeness (QED) is 0.669. The van der Waals surface area contributed by atoms with Gasteiger partial charge in [0.25, 0.3) is 0 Å². The summed E-state index contributed by atoms with van der Waals surface area (Å²) in [5, 5.41) is 2.87. The molecule has 1 unspecified atom stereocenters. The molecule has 0 aromatic rings. The normalized spacial score (nSPS) is 17.9. The Kier molecular flexibility index (Phi) is 7.54. The fraction of sp³-hybridized carbons (Fsp3) is 0.857. The van der Waals surface area contributed by atoms with Gasteiger partial charge in [0.15, 0.2) is 0 Å². The van der Waals surface area contributed by atoms with Crippen LogP contribution < -0.4 is 11.1 Å². The van der Waals surface area contributed by atoms with E-state index >= 15 is 0 Å². The molecule has 1 fully saturated rings. The van der Waals surface area contributed by atoms with Gasteiger partial charge in [-0.05, 0) is 12.8 Å². The van der Waals surface area contributed by atoms with E-state index in [1.165, 1.54) is 0 Å². The number of hydrogen-bond donors (Lipinski definition) is 2. The van der Waals surface area contributed by atoms with Gasteiger partial charge < -0.3 is 16.0 Å². The SMILES string of the molecule is CCCNC(=O)CN1CCN(C(=O)C(CC)CN)CC1. The summed E-state index contributed by atoms with van der Waals surface area (Å²) in [7, 11) is 0. The molecule has 6 heteroatoms. The van der Waals surface area contributed by atoms with E-state index in [1.807, 2.05) is 18.7 Å². The van der Waals surface area contributed by atoms with Gasteiger partial charge in [-0.3, -0.25) is 14.5 Å². The number of piperazine rings is 1. The average molecular weight is 284 g/mol. The molecule has 0 aromatic carbocycles. The smallest absolute Gasteiger partial charge is 0.234 e. The zero-order valence-corrected chi connectivity index (χ0v) is 12.7. The number of amides is 2. The van der Waals surface area contributed by atoms with Gasteiger partial charge in [-0.1, -0.05) is 13.8 Å². The second-order valence-electron chi connectivity index (χ2n) is 5.29. The molecule has 0 saturated carbocycles. The number of hydrogen-bond acceptors (Lipinski definition) is 4. The summed E-state index contributed by atoms with van der Waals surface area (Å²) >= 11 is 0. The van der Waals surface area contributed by atoms with Gasteiger partial charge >= 0.3 is 0 Å². The molecule has 20 heavy (non-hydrogen) atoms. The monoisotopic (exact) mass is 284 g/mol. The van der Waals surface area contributed by atoms with E-state index in [0.717, 1.165) is 32.5 Å². The first-order valence-corrected chi connectivity index (χ1v) is 7.60. The van der Waals surface area contributed by atoms with Crippen molar-refractivity contribution in [3.05, 3.63) is 0 Å². The maximum atomic E-state index is 12.2. The molecule has 0 spiro atoms. The van der Waals surface area contributed by atoms with Crippen molar-refractivity contribution in [1.82, 2.24) is 15.1 Å². The van der Waals surface area contributed by atoms with Crippen molar-refractivity contribution in [2.75, 3.05) is 45.8 Å². The van der Waals surface area contributed by atoms with Crippen LogP contribution in [0.15, 0.2) is 0 Å². The van der Waals surface area contributed by atoms with Crippen LogP contribution in [0.1, 0.15) is 26.7 Å². The van der Waals surface area contributed by atoms with Crippen molar-refractivity contribution in [3.63, 3.8) is 0 Å². The summed E-state index contributed by atoms with van der Waals surface area (Å²) in [6, 6.07) is 0. The number of rotatable bonds is 7. The van der Waals surface area contributed by atoms with E-state index in [2.05, 4.69) is 10.2 Å². The van der Waals surface area contributed by atoms with Crippen molar-refractivity contribution in [1.29, 1.82) is 0 Å². The lowest BCUT2D eigenvalue weighted by Crippen LogP contribution is -2.52. The van der Waals surface area contributed by atoms with Crippen LogP contribution in [0.5, 0.6) is 0 Å². The zero-order chi connectivity index (χ0) is 15.0. The molecule has 1 aliphatic heterocycles. The van der Waals surface area contributed by atoms with Crippen molar-refractivity contribution in [2.24, 2.45) is 11.7 Å². The molecule has 0 aliphatic carbocycles. The minimum Gasteiger partial charge on any atom is -0.355 e. The Balaban J connectivity index is 2.32. The number of nitrogens with zero attached hydrogens (tertiary/aromatic N) is 2. The molecule has 116 valence electrons. The van der Waals surface area contributed by atoms with E-state index in [4.69, 9.17) is 5.73 Å². The molecular weight excluding hydrogens is 256 g/mol. The predicted molar refractivity (Wildman–Crippen MR) is 79.2 cm³/mol. The highest BCUT2D eigenvalue weighted by Crippen LogP contribution is 2.09. The lowest BCUT2D eigenvalue weighted by molar-refractivity contribution is -0.137. The van der Waals surface area contributed by atoms with Gasteiger partial charge in [-0.15, -0.1) is 0 Å².